The lowest BCUT2D eigenvalue weighted by atomic mass is 9.81. The highest BCUT2D eigenvalue weighted by Crippen LogP contribution is 2.55. The average molecular weight is 539 g/mol. The zero-order valence-electron chi connectivity index (χ0n) is 20.9. The van der Waals surface area contributed by atoms with Crippen LogP contribution in [0.5, 0.6) is 0 Å². The highest BCUT2D eigenvalue weighted by atomic mass is 19.1. The number of aromatic nitrogens is 3. The monoisotopic (exact) mass is 538 g/mol. The van der Waals surface area contributed by atoms with Gasteiger partial charge in [-0.15, -0.1) is 6.42 Å². The second-order valence-electron chi connectivity index (χ2n) is 9.47. The molecule has 0 unspecified atom stereocenters. The van der Waals surface area contributed by atoms with Crippen LogP contribution in [0.2, 0.25) is 0 Å². The molecule has 2 aromatic heterocycles. The maximum Gasteiger partial charge on any atom is 0.403 e. The molecule has 2 atom stereocenters. The van der Waals surface area contributed by atoms with Gasteiger partial charge in [0.05, 0.1) is 23.9 Å². The zero-order valence-corrected chi connectivity index (χ0v) is 20.9. The first-order valence-corrected chi connectivity index (χ1v) is 12.1. The molecule has 11 heteroatoms. The molecule has 4 heterocycles. The molecule has 0 saturated carbocycles. The number of likely N-dealkylation sites (tertiary alicyclic amines) is 1. The lowest BCUT2D eigenvalue weighted by molar-refractivity contribution is -0.135. The number of pyridine rings is 1. The molecule has 0 aliphatic carbocycles. The Bertz CT molecular complexity index is 1900. The summed E-state index contributed by atoms with van der Waals surface area (Å²) < 4.78 is 44.5. The van der Waals surface area contributed by atoms with E-state index in [-0.39, 0.29) is 47.5 Å². The Morgan fingerprint density at radius 3 is 2.70 bits per heavy atom. The van der Waals surface area contributed by atoms with Crippen LogP contribution in [-0.2, 0) is 4.79 Å². The minimum Gasteiger partial charge on any atom is -0.301 e. The predicted octanol–water partition coefficient (Wildman–Crippen LogP) is 4.70. The van der Waals surface area contributed by atoms with Gasteiger partial charge in [0.2, 0.25) is 0 Å². The van der Waals surface area contributed by atoms with Crippen molar-refractivity contribution in [2.75, 3.05) is 18.0 Å². The van der Waals surface area contributed by atoms with E-state index < -0.39 is 34.7 Å². The van der Waals surface area contributed by atoms with Crippen LogP contribution in [0, 0.1) is 30.6 Å². The third-order valence-electron chi connectivity index (χ3n) is 7.80. The molecule has 8 nitrogen and oxygen atoms in total. The molecule has 40 heavy (non-hydrogen) atoms. The minimum absolute atomic E-state index is 0.000166. The molecule has 2 fully saturated rings. The van der Waals surface area contributed by atoms with Crippen molar-refractivity contribution in [3.8, 4) is 30.2 Å². The number of halogens is 3. The predicted molar refractivity (Wildman–Crippen MR) is 145 cm³/mol. The molecular weight excluding hydrogens is 519 g/mol. The quantitative estimate of drug-likeness (QED) is 0.214. The van der Waals surface area contributed by atoms with Crippen molar-refractivity contribution in [2.24, 2.45) is 4.99 Å². The number of hydrogen-bond donors (Lipinski definition) is 0. The van der Waals surface area contributed by atoms with Gasteiger partial charge in [-0.3, -0.25) is 19.7 Å². The number of carbonyl (C=O) groups excluding carboxylic acids is 1. The standard InChI is InChI=1S/C29H19F3N7O/c1-5-18-21(31)10-9-17-7-6-8-19(22(17)18)24-23(32)25-20(13-35-24)26(37-15-36-25)39-14-29(34-4)28(39,33-3)11-12-38(29)27(40)16(2)30/h1,3,6-10,13,15H,2,4,11-12,14H2/q+1/t28-,29-/m1/s1. The van der Waals surface area contributed by atoms with Crippen LogP contribution in [-0.4, -0.2) is 56.9 Å². The van der Waals surface area contributed by atoms with Crippen LogP contribution in [0.25, 0.3) is 37.8 Å². The second-order valence-corrected chi connectivity index (χ2v) is 9.47. The van der Waals surface area contributed by atoms with Crippen molar-refractivity contribution in [2.45, 2.75) is 17.7 Å². The summed E-state index contributed by atoms with van der Waals surface area (Å²) in [5.74, 6) is -0.890. The Labute approximate surface area is 226 Å². The molecule has 196 valence electrons. The molecule has 0 radical (unpaired) electrons. The number of fused-ring (bicyclic) bond motifs is 3. The number of rotatable bonds is 4. The Hall–Kier alpha value is -5.29. The van der Waals surface area contributed by atoms with E-state index in [1.807, 2.05) is 0 Å². The first-order chi connectivity index (χ1) is 19.2. The van der Waals surface area contributed by atoms with Crippen molar-refractivity contribution in [3.05, 3.63) is 77.3 Å². The van der Waals surface area contributed by atoms with Crippen LogP contribution >= 0.6 is 0 Å². The summed E-state index contributed by atoms with van der Waals surface area (Å²) in [5, 5.41) is 1.20. The fourth-order valence-corrected chi connectivity index (χ4v) is 5.93. The molecule has 0 spiro atoms. The lowest BCUT2D eigenvalue weighted by Crippen LogP contribution is -2.79. The summed E-state index contributed by atoms with van der Waals surface area (Å²) in [4.78, 5) is 36.4. The summed E-state index contributed by atoms with van der Waals surface area (Å²) in [6, 6.07) is 7.86. The van der Waals surface area contributed by atoms with Crippen LogP contribution in [0.4, 0.5) is 19.0 Å². The first kappa shape index (κ1) is 25.0. The summed E-state index contributed by atoms with van der Waals surface area (Å²) in [5.41, 5.74) is -2.57. The van der Waals surface area contributed by atoms with Gasteiger partial charge >= 0.3 is 5.66 Å². The molecule has 0 N–H and O–H groups in total. The van der Waals surface area contributed by atoms with Crippen molar-refractivity contribution < 1.29 is 18.0 Å². The van der Waals surface area contributed by atoms with E-state index >= 15 is 4.39 Å². The third kappa shape index (κ3) is 3.00. The third-order valence-corrected chi connectivity index (χ3v) is 7.80. The van der Waals surface area contributed by atoms with Crippen molar-refractivity contribution in [3.63, 3.8) is 0 Å². The Kier molecular flexibility index (Phi) is 5.39. The lowest BCUT2D eigenvalue weighted by Gasteiger charge is -2.52. The van der Waals surface area contributed by atoms with Gasteiger partial charge in [-0.2, -0.15) is 0 Å². The molecule has 2 aliphatic rings. The molecule has 6 rings (SSSR count). The summed E-state index contributed by atoms with van der Waals surface area (Å²) in [7, 11) is 0. The highest BCUT2D eigenvalue weighted by Gasteiger charge is 2.82. The van der Waals surface area contributed by atoms with E-state index in [4.69, 9.17) is 13.0 Å². The molecular formula is C29H19F3N7O+. The fraction of sp³-hybridized carbons (Fsp3) is 0.172. The van der Waals surface area contributed by atoms with Gasteiger partial charge in [-0.1, -0.05) is 41.6 Å². The number of benzene rings is 2. The van der Waals surface area contributed by atoms with Crippen LogP contribution < -0.4 is 4.90 Å². The number of anilines is 1. The molecule has 1 amide bonds. The number of aliphatic imine (C=N–C) groups is 1. The first-order valence-electron chi connectivity index (χ1n) is 12.1. The number of amides is 1. The normalized spacial score (nSPS) is 21.4. The second kappa shape index (κ2) is 8.61. The van der Waals surface area contributed by atoms with Gasteiger partial charge in [0.1, 0.15) is 29.2 Å². The van der Waals surface area contributed by atoms with E-state index in [0.29, 0.717) is 16.3 Å². The summed E-state index contributed by atoms with van der Waals surface area (Å²) in [6.45, 7) is 12.6. The van der Waals surface area contributed by atoms with Crippen LogP contribution in [0.15, 0.2) is 60.3 Å². The maximum absolute atomic E-state index is 16.1. The van der Waals surface area contributed by atoms with Crippen LogP contribution in [0.3, 0.4) is 0 Å². The maximum atomic E-state index is 16.1. The number of nitrogens with zero attached hydrogens (tertiary/aromatic N) is 7. The highest BCUT2D eigenvalue weighted by molar-refractivity contribution is 6.02. The molecule has 2 aromatic carbocycles. The van der Waals surface area contributed by atoms with Crippen molar-refractivity contribution in [1.82, 2.24) is 19.9 Å². The van der Waals surface area contributed by atoms with Gasteiger partial charge in [0, 0.05) is 23.7 Å². The Balaban J connectivity index is 1.50. The molecule has 2 saturated heterocycles. The zero-order chi connectivity index (χ0) is 28.4. The van der Waals surface area contributed by atoms with E-state index in [9.17, 15) is 13.6 Å². The topological polar surface area (TPSA) is 78.9 Å². The number of carbonyl (C=O) groups is 1. The van der Waals surface area contributed by atoms with Crippen molar-refractivity contribution in [1.29, 1.82) is 0 Å². The molecule has 2 aliphatic heterocycles. The molecule has 0 bridgehead atoms. The molecule has 4 aromatic rings. The Morgan fingerprint density at radius 1 is 1.20 bits per heavy atom. The smallest absolute Gasteiger partial charge is 0.301 e. The van der Waals surface area contributed by atoms with Gasteiger partial charge in [-0.05, 0) is 18.2 Å². The number of terminal acetylenes is 1. The van der Waals surface area contributed by atoms with E-state index in [2.05, 4.69) is 44.0 Å². The van der Waals surface area contributed by atoms with Gasteiger partial charge in [0.15, 0.2) is 11.6 Å². The van der Waals surface area contributed by atoms with Gasteiger partial charge in [-0.25, -0.2) is 23.1 Å². The minimum atomic E-state index is -1.38. The van der Waals surface area contributed by atoms with Gasteiger partial charge in [0.25, 0.3) is 18.1 Å². The van der Waals surface area contributed by atoms with E-state index in [1.165, 1.54) is 23.5 Å². The fourth-order valence-electron chi connectivity index (χ4n) is 5.93. The van der Waals surface area contributed by atoms with Crippen molar-refractivity contribution >= 4 is 40.1 Å². The van der Waals surface area contributed by atoms with Crippen LogP contribution in [0.1, 0.15) is 12.0 Å². The van der Waals surface area contributed by atoms with E-state index in [0.717, 1.165) is 0 Å². The summed E-state index contributed by atoms with van der Waals surface area (Å²) >= 11 is 0. The SMILES string of the molecule is C#Cc1c(F)ccc2cccc(-c3ncc4c(N5C[C@@]6(N=C)N(C(=O)C(=C)F)CC[C@@]56[N+]#C)ncnc4c3F)c12. The number of hydrogen-bond acceptors (Lipinski definition) is 6. The summed E-state index contributed by atoms with van der Waals surface area (Å²) in [6.07, 6.45) is 8.33. The van der Waals surface area contributed by atoms with E-state index in [1.54, 1.807) is 29.2 Å². The van der Waals surface area contributed by atoms with Gasteiger partial charge < -0.3 is 4.90 Å². The Morgan fingerprint density at radius 2 is 2.00 bits per heavy atom. The largest absolute Gasteiger partial charge is 0.403 e. The average Bonchev–Trinajstić information content (AvgIpc) is 3.20.